The molecule has 0 atom stereocenters. The summed E-state index contributed by atoms with van der Waals surface area (Å²) in [5.41, 5.74) is 1.37. The third-order valence-electron chi connectivity index (χ3n) is 2.83. The van der Waals surface area contributed by atoms with Gasteiger partial charge in [0.1, 0.15) is 17.6 Å². The van der Waals surface area contributed by atoms with Gasteiger partial charge in [-0.2, -0.15) is 0 Å². The summed E-state index contributed by atoms with van der Waals surface area (Å²) >= 11 is 7.76. The summed E-state index contributed by atoms with van der Waals surface area (Å²) in [6, 6.07) is 3.89. The molecule has 0 aliphatic rings. The quantitative estimate of drug-likeness (QED) is 0.788. The van der Waals surface area contributed by atoms with Crippen molar-refractivity contribution in [2.75, 3.05) is 11.9 Å². The van der Waals surface area contributed by atoms with Gasteiger partial charge in [0.05, 0.1) is 6.54 Å². The molecule has 4 nitrogen and oxygen atoms in total. The first-order chi connectivity index (χ1) is 9.72. The van der Waals surface area contributed by atoms with Gasteiger partial charge in [-0.15, -0.1) is 11.3 Å². The van der Waals surface area contributed by atoms with E-state index in [-0.39, 0.29) is 0 Å². The first-order valence-electron chi connectivity index (χ1n) is 6.63. The Bertz CT molecular complexity index is 559. The lowest BCUT2D eigenvalue weighted by atomic mass is 10.2. The molecule has 6 heteroatoms. The van der Waals surface area contributed by atoms with E-state index in [1.54, 1.807) is 17.4 Å². The van der Waals surface area contributed by atoms with Crippen LogP contribution in [0.2, 0.25) is 5.15 Å². The molecule has 108 valence electrons. The highest BCUT2D eigenvalue weighted by Gasteiger charge is 2.06. The van der Waals surface area contributed by atoms with Gasteiger partial charge in [-0.25, -0.2) is 9.97 Å². The molecule has 0 amide bonds. The fourth-order valence-electron chi connectivity index (χ4n) is 1.82. The fourth-order valence-corrected chi connectivity index (χ4v) is 2.94. The number of nitrogens with zero attached hydrogens (tertiary/aromatic N) is 2. The summed E-state index contributed by atoms with van der Waals surface area (Å²) in [7, 11) is 0. The average molecular weight is 312 g/mol. The molecule has 2 aromatic rings. The first-order valence-corrected chi connectivity index (χ1v) is 7.89. The van der Waals surface area contributed by atoms with Crippen LogP contribution in [0.3, 0.4) is 0 Å². The highest BCUT2D eigenvalue weighted by atomic mass is 35.5. The molecule has 2 aromatic heterocycles. The van der Waals surface area contributed by atoms with Gasteiger partial charge in [-0.1, -0.05) is 18.5 Å². The zero-order valence-electron chi connectivity index (χ0n) is 11.6. The van der Waals surface area contributed by atoms with Gasteiger partial charge in [0, 0.05) is 17.6 Å². The zero-order valence-corrected chi connectivity index (χ0v) is 13.2. The number of aryl methyl sites for hydroxylation is 1. The van der Waals surface area contributed by atoms with E-state index in [4.69, 9.17) is 16.3 Å². The molecule has 0 bridgehead atoms. The molecule has 20 heavy (non-hydrogen) atoms. The zero-order chi connectivity index (χ0) is 14.4. The Morgan fingerprint density at radius 3 is 2.95 bits per heavy atom. The molecule has 0 unspecified atom stereocenters. The highest BCUT2D eigenvalue weighted by Crippen LogP contribution is 2.19. The predicted molar refractivity (Wildman–Crippen MR) is 83.4 cm³/mol. The third kappa shape index (κ3) is 4.16. The summed E-state index contributed by atoms with van der Waals surface area (Å²) in [5.74, 6) is 1.33. The van der Waals surface area contributed by atoms with Gasteiger partial charge < -0.3 is 10.1 Å². The van der Waals surface area contributed by atoms with Crippen LogP contribution < -0.4 is 5.32 Å². The molecule has 0 aliphatic carbocycles. The average Bonchev–Trinajstić information content (AvgIpc) is 2.90. The van der Waals surface area contributed by atoms with Crippen molar-refractivity contribution in [2.45, 2.75) is 33.4 Å². The molecule has 0 spiro atoms. The van der Waals surface area contributed by atoms with Crippen LogP contribution in [0.4, 0.5) is 5.82 Å². The molecule has 0 saturated carbocycles. The van der Waals surface area contributed by atoms with Gasteiger partial charge in [-0.05, 0) is 30.4 Å². The van der Waals surface area contributed by atoms with Crippen molar-refractivity contribution in [3.05, 3.63) is 38.9 Å². The lowest BCUT2D eigenvalue weighted by Gasteiger charge is -2.08. The van der Waals surface area contributed by atoms with E-state index in [1.165, 1.54) is 10.4 Å². The maximum atomic E-state index is 6.00. The van der Waals surface area contributed by atoms with Gasteiger partial charge in [0.25, 0.3) is 0 Å². The SMILES string of the molecule is CCOCc1nc(Cl)cc(NCc2sccc2CC)n1. The monoisotopic (exact) mass is 311 g/mol. The Morgan fingerprint density at radius 1 is 1.35 bits per heavy atom. The smallest absolute Gasteiger partial charge is 0.158 e. The Morgan fingerprint density at radius 2 is 2.20 bits per heavy atom. The van der Waals surface area contributed by atoms with Crippen molar-refractivity contribution in [3.8, 4) is 0 Å². The van der Waals surface area contributed by atoms with Crippen molar-refractivity contribution in [1.82, 2.24) is 9.97 Å². The number of hydrogen-bond donors (Lipinski definition) is 1. The standard InChI is InChI=1S/C14H18ClN3OS/c1-3-10-5-6-20-11(10)8-16-13-7-12(15)17-14(18-13)9-19-4-2/h5-7H,3-4,8-9H2,1-2H3,(H,16,17,18). The van der Waals surface area contributed by atoms with Crippen LogP contribution >= 0.6 is 22.9 Å². The minimum absolute atomic E-state index is 0.380. The van der Waals surface area contributed by atoms with Crippen LogP contribution in [0.5, 0.6) is 0 Å². The number of aromatic nitrogens is 2. The van der Waals surface area contributed by atoms with Crippen molar-refractivity contribution >= 4 is 28.8 Å². The van der Waals surface area contributed by atoms with E-state index < -0.39 is 0 Å². The Hall–Kier alpha value is -1.17. The van der Waals surface area contributed by atoms with E-state index in [2.05, 4.69) is 33.7 Å². The van der Waals surface area contributed by atoms with Crippen molar-refractivity contribution in [1.29, 1.82) is 0 Å². The van der Waals surface area contributed by atoms with Gasteiger partial charge in [0.2, 0.25) is 0 Å². The van der Waals surface area contributed by atoms with Gasteiger partial charge >= 0.3 is 0 Å². The van der Waals surface area contributed by atoms with Crippen molar-refractivity contribution in [3.63, 3.8) is 0 Å². The Balaban J connectivity index is 2.03. The van der Waals surface area contributed by atoms with Crippen LogP contribution in [0.1, 0.15) is 30.1 Å². The first kappa shape index (κ1) is 15.2. The molecule has 0 saturated heterocycles. The second kappa shape index (κ2) is 7.57. The molecule has 0 aromatic carbocycles. The maximum Gasteiger partial charge on any atom is 0.158 e. The summed E-state index contributed by atoms with van der Waals surface area (Å²) in [6.07, 6.45) is 1.04. The Kier molecular flexibility index (Phi) is 5.76. The second-order valence-corrected chi connectivity index (χ2v) is 5.59. The van der Waals surface area contributed by atoms with Crippen LogP contribution in [-0.2, 0) is 24.3 Å². The number of rotatable bonds is 7. The van der Waals surface area contributed by atoms with Crippen LogP contribution in [0.25, 0.3) is 0 Å². The Labute approximate surface area is 128 Å². The van der Waals surface area contributed by atoms with Crippen LogP contribution in [-0.4, -0.2) is 16.6 Å². The van der Waals surface area contributed by atoms with E-state index >= 15 is 0 Å². The topological polar surface area (TPSA) is 47.0 Å². The number of anilines is 1. The molecule has 0 fully saturated rings. The molecule has 0 radical (unpaired) electrons. The van der Waals surface area contributed by atoms with Crippen molar-refractivity contribution in [2.24, 2.45) is 0 Å². The maximum absolute atomic E-state index is 6.00. The normalized spacial score (nSPS) is 10.8. The number of thiophene rings is 1. The van der Waals surface area contributed by atoms with Crippen LogP contribution in [0, 0.1) is 0 Å². The number of hydrogen-bond acceptors (Lipinski definition) is 5. The minimum atomic E-state index is 0.380. The lowest BCUT2D eigenvalue weighted by molar-refractivity contribution is 0.128. The van der Waals surface area contributed by atoms with E-state index in [9.17, 15) is 0 Å². The third-order valence-corrected chi connectivity index (χ3v) is 3.98. The number of halogens is 1. The summed E-state index contributed by atoms with van der Waals surface area (Å²) in [4.78, 5) is 9.87. The van der Waals surface area contributed by atoms with Gasteiger partial charge in [-0.3, -0.25) is 0 Å². The summed E-state index contributed by atoms with van der Waals surface area (Å²) in [5, 5.41) is 5.84. The molecule has 2 heterocycles. The fraction of sp³-hybridized carbons (Fsp3) is 0.429. The largest absolute Gasteiger partial charge is 0.374 e. The molecular formula is C14H18ClN3OS. The number of nitrogens with one attached hydrogen (secondary N) is 1. The number of ether oxygens (including phenoxy) is 1. The van der Waals surface area contributed by atoms with E-state index in [0.29, 0.717) is 24.2 Å². The molecular weight excluding hydrogens is 294 g/mol. The summed E-state index contributed by atoms with van der Waals surface area (Å²) < 4.78 is 5.31. The lowest BCUT2D eigenvalue weighted by Crippen LogP contribution is -2.06. The summed E-state index contributed by atoms with van der Waals surface area (Å²) in [6.45, 7) is 5.86. The minimum Gasteiger partial charge on any atom is -0.374 e. The highest BCUT2D eigenvalue weighted by molar-refractivity contribution is 7.10. The molecule has 0 aliphatic heterocycles. The predicted octanol–water partition coefficient (Wildman–Crippen LogP) is 3.90. The van der Waals surface area contributed by atoms with Crippen molar-refractivity contribution < 1.29 is 4.74 Å². The molecule has 1 N–H and O–H groups in total. The van der Waals surface area contributed by atoms with E-state index in [1.807, 2.05) is 6.92 Å². The van der Waals surface area contributed by atoms with Crippen LogP contribution in [0.15, 0.2) is 17.5 Å². The molecule has 2 rings (SSSR count). The van der Waals surface area contributed by atoms with E-state index in [0.717, 1.165) is 18.8 Å². The second-order valence-electron chi connectivity index (χ2n) is 4.21. The van der Waals surface area contributed by atoms with Gasteiger partial charge in [0.15, 0.2) is 5.82 Å².